The van der Waals surface area contributed by atoms with Crippen LogP contribution in [0.3, 0.4) is 0 Å². The molecule has 2 aromatic heterocycles. The van der Waals surface area contributed by atoms with E-state index in [0.717, 1.165) is 28.5 Å². The van der Waals surface area contributed by atoms with Crippen molar-refractivity contribution >= 4 is 5.82 Å². The third kappa shape index (κ3) is 3.20. The summed E-state index contributed by atoms with van der Waals surface area (Å²) in [5.74, 6) is 1.54. The van der Waals surface area contributed by atoms with Crippen molar-refractivity contribution in [1.29, 1.82) is 0 Å². The predicted molar refractivity (Wildman–Crippen MR) is 85.6 cm³/mol. The van der Waals surface area contributed by atoms with Gasteiger partial charge in [-0.05, 0) is 24.3 Å². The summed E-state index contributed by atoms with van der Waals surface area (Å²) in [6, 6.07) is 15.5. The number of methoxy groups -OCH3 is 1. The Morgan fingerprint density at radius 3 is 2.68 bits per heavy atom. The van der Waals surface area contributed by atoms with Gasteiger partial charge in [0, 0.05) is 17.8 Å². The van der Waals surface area contributed by atoms with Gasteiger partial charge in [-0.15, -0.1) is 0 Å². The first-order valence-electron chi connectivity index (χ1n) is 6.96. The SMILES string of the molecule is COc1ccccc1-c1cc(NCc2ccccn2)ncn1. The van der Waals surface area contributed by atoms with E-state index in [9.17, 15) is 0 Å². The molecule has 0 fully saturated rings. The van der Waals surface area contributed by atoms with Crippen molar-refractivity contribution in [3.63, 3.8) is 0 Å². The molecule has 0 aliphatic heterocycles. The number of ether oxygens (including phenoxy) is 1. The molecule has 0 bridgehead atoms. The molecule has 0 saturated carbocycles. The lowest BCUT2D eigenvalue weighted by Crippen LogP contribution is -2.03. The van der Waals surface area contributed by atoms with Gasteiger partial charge in [0.05, 0.1) is 25.0 Å². The van der Waals surface area contributed by atoms with E-state index < -0.39 is 0 Å². The van der Waals surface area contributed by atoms with Gasteiger partial charge >= 0.3 is 0 Å². The quantitative estimate of drug-likeness (QED) is 0.782. The van der Waals surface area contributed by atoms with E-state index in [1.807, 2.05) is 48.5 Å². The second-order valence-electron chi connectivity index (χ2n) is 4.66. The Balaban J connectivity index is 1.81. The Kier molecular flexibility index (Phi) is 4.25. The average Bonchev–Trinajstić information content (AvgIpc) is 2.61. The minimum Gasteiger partial charge on any atom is -0.496 e. The van der Waals surface area contributed by atoms with E-state index in [-0.39, 0.29) is 0 Å². The maximum absolute atomic E-state index is 5.38. The second-order valence-corrected chi connectivity index (χ2v) is 4.66. The molecule has 0 aliphatic carbocycles. The maximum atomic E-state index is 5.38. The Labute approximate surface area is 129 Å². The van der Waals surface area contributed by atoms with Gasteiger partial charge in [0.15, 0.2) is 0 Å². The number of hydrogen-bond acceptors (Lipinski definition) is 5. The third-order valence-corrected chi connectivity index (χ3v) is 3.23. The molecule has 2 heterocycles. The van der Waals surface area contributed by atoms with Crippen molar-refractivity contribution in [2.24, 2.45) is 0 Å². The lowest BCUT2D eigenvalue weighted by molar-refractivity contribution is 0.416. The van der Waals surface area contributed by atoms with E-state index in [0.29, 0.717) is 6.54 Å². The number of para-hydroxylation sites is 1. The summed E-state index contributed by atoms with van der Waals surface area (Å²) in [5, 5.41) is 3.25. The Morgan fingerprint density at radius 1 is 1.00 bits per heavy atom. The molecule has 3 aromatic rings. The molecule has 0 amide bonds. The highest BCUT2D eigenvalue weighted by atomic mass is 16.5. The zero-order valence-corrected chi connectivity index (χ0v) is 12.2. The highest BCUT2D eigenvalue weighted by Gasteiger charge is 2.07. The molecule has 22 heavy (non-hydrogen) atoms. The Hall–Kier alpha value is -2.95. The number of hydrogen-bond donors (Lipinski definition) is 1. The Morgan fingerprint density at radius 2 is 1.86 bits per heavy atom. The molecule has 0 radical (unpaired) electrons. The van der Waals surface area contributed by atoms with Gasteiger partial charge in [-0.1, -0.05) is 18.2 Å². The smallest absolute Gasteiger partial charge is 0.130 e. The van der Waals surface area contributed by atoms with Crippen LogP contribution in [0.4, 0.5) is 5.82 Å². The minimum absolute atomic E-state index is 0.614. The Bertz CT molecular complexity index is 746. The van der Waals surface area contributed by atoms with Crippen molar-refractivity contribution in [3.05, 3.63) is 66.7 Å². The number of anilines is 1. The monoisotopic (exact) mass is 292 g/mol. The van der Waals surface area contributed by atoms with Crippen LogP contribution in [0, 0.1) is 0 Å². The standard InChI is InChI=1S/C17H16N4O/c1-22-16-8-3-2-7-14(16)15-10-17(21-12-20-15)19-11-13-6-4-5-9-18-13/h2-10,12H,11H2,1H3,(H,19,20,21). The summed E-state index contributed by atoms with van der Waals surface area (Å²) in [7, 11) is 1.65. The average molecular weight is 292 g/mol. The molecule has 0 unspecified atom stereocenters. The maximum Gasteiger partial charge on any atom is 0.130 e. The fraction of sp³-hybridized carbons (Fsp3) is 0.118. The highest BCUT2D eigenvalue weighted by molar-refractivity contribution is 5.68. The molecule has 5 heteroatoms. The summed E-state index contributed by atoms with van der Waals surface area (Å²) in [6.45, 7) is 0.614. The van der Waals surface area contributed by atoms with E-state index in [2.05, 4.69) is 20.3 Å². The third-order valence-electron chi connectivity index (χ3n) is 3.23. The summed E-state index contributed by atoms with van der Waals surface area (Å²) < 4.78 is 5.38. The molecule has 1 N–H and O–H groups in total. The molecule has 0 saturated heterocycles. The van der Waals surface area contributed by atoms with Crippen LogP contribution in [0.2, 0.25) is 0 Å². The molecule has 3 rings (SSSR count). The molecule has 5 nitrogen and oxygen atoms in total. The van der Waals surface area contributed by atoms with Gasteiger partial charge in [0.2, 0.25) is 0 Å². The van der Waals surface area contributed by atoms with Gasteiger partial charge in [-0.25, -0.2) is 9.97 Å². The van der Waals surface area contributed by atoms with E-state index in [1.165, 1.54) is 0 Å². The molecule has 0 spiro atoms. The van der Waals surface area contributed by atoms with Crippen molar-refractivity contribution < 1.29 is 4.74 Å². The van der Waals surface area contributed by atoms with Gasteiger partial charge in [0.1, 0.15) is 17.9 Å². The van der Waals surface area contributed by atoms with Crippen LogP contribution in [0.25, 0.3) is 11.3 Å². The molecular formula is C17H16N4O. The van der Waals surface area contributed by atoms with Gasteiger partial charge < -0.3 is 10.1 Å². The predicted octanol–water partition coefficient (Wildman–Crippen LogP) is 3.16. The van der Waals surface area contributed by atoms with Crippen molar-refractivity contribution in [3.8, 4) is 17.0 Å². The summed E-state index contributed by atoms with van der Waals surface area (Å²) in [5.41, 5.74) is 2.71. The van der Waals surface area contributed by atoms with Crippen LogP contribution in [0.5, 0.6) is 5.75 Å². The van der Waals surface area contributed by atoms with Crippen LogP contribution in [0.1, 0.15) is 5.69 Å². The molecule has 0 atom stereocenters. The van der Waals surface area contributed by atoms with Crippen LogP contribution in [0.15, 0.2) is 61.1 Å². The van der Waals surface area contributed by atoms with Gasteiger partial charge in [0.25, 0.3) is 0 Å². The summed E-state index contributed by atoms with van der Waals surface area (Å²) >= 11 is 0. The largest absolute Gasteiger partial charge is 0.496 e. The minimum atomic E-state index is 0.614. The van der Waals surface area contributed by atoms with Crippen molar-refractivity contribution in [2.45, 2.75) is 6.54 Å². The fourth-order valence-electron chi connectivity index (χ4n) is 2.14. The van der Waals surface area contributed by atoms with Crippen LogP contribution < -0.4 is 10.1 Å². The molecule has 1 aromatic carbocycles. The van der Waals surface area contributed by atoms with Gasteiger partial charge in [-0.3, -0.25) is 4.98 Å². The molecule has 0 aliphatic rings. The van der Waals surface area contributed by atoms with Gasteiger partial charge in [-0.2, -0.15) is 0 Å². The lowest BCUT2D eigenvalue weighted by Gasteiger charge is -2.09. The van der Waals surface area contributed by atoms with Crippen LogP contribution >= 0.6 is 0 Å². The van der Waals surface area contributed by atoms with Crippen LogP contribution in [-0.4, -0.2) is 22.1 Å². The topological polar surface area (TPSA) is 59.9 Å². The molecular weight excluding hydrogens is 276 g/mol. The van der Waals surface area contributed by atoms with E-state index in [1.54, 1.807) is 19.6 Å². The lowest BCUT2D eigenvalue weighted by atomic mass is 10.1. The number of benzene rings is 1. The normalized spacial score (nSPS) is 10.2. The number of rotatable bonds is 5. The first-order valence-corrected chi connectivity index (χ1v) is 6.96. The summed E-state index contributed by atoms with van der Waals surface area (Å²) in [4.78, 5) is 12.8. The first kappa shape index (κ1) is 14.0. The van der Waals surface area contributed by atoms with Crippen LogP contribution in [-0.2, 0) is 6.54 Å². The van der Waals surface area contributed by atoms with Crippen molar-refractivity contribution in [2.75, 3.05) is 12.4 Å². The zero-order chi connectivity index (χ0) is 15.2. The zero-order valence-electron chi connectivity index (χ0n) is 12.2. The number of pyridine rings is 1. The second kappa shape index (κ2) is 6.67. The number of nitrogens with one attached hydrogen (secondary N) is 1. The van der Waals surface area contributed by atoms with E-state index >= 15 is 0 Å². The van der Waals surface area contributed by atoms with Crippen molar-refractivity contribution in [1.82, 2.24) is 15.0 Å². The molecule has 110 valence electrons. The number of aromatic nitrogens is 3. The first-order chi connectivity index (χ1) is 10.9. The highest BCUT2D eigenvalue weighted by Crippen LogP contribution is 2.28. The van der Waals surface area contributed by atoms with E-state index in [4.69, 9.17) is 4.74 Å². The number of nitrogens with zero attached hydrogens (tertiary/aromatic N) is 3. The summed E-state index contributed by atoms with van der Waals surface area (Å²) in [6.07, 6.45) is 3.32. The fourth-order valence-corrected chi connectivity index (χ4v) is 2.14.